The monoisotopic (exact) mass is 172 g/mol. The molecule has 0 spiro atoms. The Hall–Kier alpha value is -0.770. The number of hydrogen-bond donors (Lipinski definition) is 3. The molecule has 3 N–H and O–H groups in total. The third-order valence-electron chi connectivity index (χ3n) is 2.40. The summed E-state index contributed by atoms with van der Waals surface area (Å²) in [6, 6.07) is 0.315. The molecular weight excluding hydrogens is 156 g/mol. The van der Waals surface area contributed by atoms with E-state index in [2.05, 4.69) is 17.6 Å². The number of hydrogen-bond acceptors (Lipinski definition) is 2. The second kappa shape index (κ2) is 4.30. The second-order valence-electron chi connectivity index (χ2n) is 3.37. The fourth-order valence-electron chi connectivity index (χ4n) is 1.58. The standard InChI is InChI=1S/C8H16N2O2/c1-6-3-2-4-9-7(6)5-10-8(11)12/h6-7,9-10H,2-5H2,1H3,(H,11,12)/t6-,7+/m1/s1. The van der Waals surface area contributed by atoms with E-state index in [9.17, 15) is 4.79 Å². The average Bonchev–Trinajstić information content (AvgIpc) is 2.03. The van der Waals surface area contributed by atoms with E-state index in [4.69, 9.17) is 5.11 Å². The molecule has 0 radical (unpaired) electrons. The molecule has 0 saturated carbocycles. The summed E-state index contributed by atoms with van der Waals surface area (Å²) in [7, 11) is 0. The summed E-state index contributed by atoms with van der Waals surface area (Å²) in [4.78, 5) is 10.2. The van der Waals surface area contributed by atoms with Crippen LogP contribution in [0.5, 0.6) is 0 Å². The Bertz CT molecular complexity index is 161. The number of carbonyl (C=O) groups is 1. The average molecular weight is 172 g/mol. The number of nitrogens with one attached hydrogen (secondary N) is 2. The quantitative estimate of drug-likeness (QED) is 0.573. The molecule has 1 fully saturated rings. The Kier molecular flexibility index (Phi) is 3.34. The maximum Gasteiger partial charge on any atom is 0.404 e. The molecule has 0 aromatic heterocycles. The molecule has 70 valence electrons. The van der Waals surface area contributed by atoms with E-state index in [1.807, 2.05) is 0 Å². The first-order chi connectivity index (χ1) is 5.70. The Morgan fingerprint density at radius 3 is 3.08 bits per heavy atom. The van der Waals surface area contributed by atoms with Crippen molar-refractivity contribution in [2.75, 3.05) is 13.1 Å². The molecule has 0 aromatic carbocycles. The zero-order chi connectivity index (χ0) is 8.97. The number of carboxylic acid groups (broad SMARTS) is 1. The van der Waals surface area contributed by atoms with Gasteiger partial charge >= 0.3 is 6.09 Å². The Morgan fingerprint density at radius 2 is 2.50 bits per heavy atom. The molecule has 1 heterocycles. The van der Waals surface area contributed by atoms with Crippen LogP contribution >= 0.6 is 0 Å². The molecule has 0 aromatic rings. The minimum atomic E-state index is -0.936. The van der Waals surface area contributed by atoms with E-state index < -0.39 is 6.09 Å². The molecule has 0 aliphatic carbocycles. The van der Waals surface area contributed by atoms with Crippen molar-refractivity contribution in [2.24, 2.45) is 5.92 Å². The molecule has 0 unspecified atom stereocenters. The number of amides is 1. The molecule has 1 saturated heterocycles. The van der Waals surface area contributed by atoms with Crippen molar-refractivity contribution in [2.45, 2.75) is 25.8 Å². The molecule has 2 atom stereocenters. The molecule has 4 nitrogen and oxygen atoms in total. The Balaban J connectivity index is 2.24. The Morgan fingerprint density at radius 1 is 1.75 bits per heavy atom. The molecule has 4 heteroatoms. The fraction of sp³-hybridized carbons (Fsp3) is 0.875. The SMILES string of the molecule is C[C@@H]1CCCN[C@H]1CNC(=O)O. The first-order valence-corrected chi connectivity index (χ1v) is 4.40. The van der Waals surface area contributed by atoms with Gasteiger partial charge in [0.1, 0.15) is 0 Å². The lowest BCUT2D eigenvalue weighted by atomic mass is 9.93. The lowest BCUT2D eigenvalue weighted by Crippen LogP contribution is -2.47. The van der Waals surface area contributed by atoms with E-state index >= 15 is 0 Å². The van der Waals surface area contributed by atoms with Crippen LogP contribution in [0.25, 0.3) is 0 Å². The topological polar surface area (TPSA) is 61.4 Å². The molecule has 1 aliphatic rings. The third kappa shape index (κ3) is 2.70. The second-order valence-corrected chi connectivity index (χ2v) is 3.37. The van der Waals surface area contributed by atoms with Gasteiger partial charge in [-0.05, 0) is 25.3 Å². The molecule has 1 aliphatic heterocycles. The maximum absolute atomic E-state index is 10.2. The van der Waals surface area contributed by atoms with Gasteiger partial charge in [0.15, 0.2) is 0 Å². The summed E-state index contributed by atoms with van der Waals surface area (Å²) in [6.07, 6.45) is 1.46. The van der Waals surface area contributed by atoms with Crippen LogP contribution < -0.4 is 10.6 Å². The predicted molar refractivity (Wildman–Crippen MR) is 46.2 cm³/mol. The maximum atomic E-state index is 10.2. The van der Waals surface area contributed by atoms with Gasteiger partial charge in [-0.15, -0.1) is 0 Å². The zero-order valence-electron chi connectivity index (χ0n) is 7.34. The van der Waals surface area contributed by atoms with Crippen LogP contribution in [-0.2, 0) is 0 Å². The van der Waals surface area contributed by atoms with Crippen LogP contribution in [0.15, 0.2) is 0 Å². The Labute approximate surface area is 72.3 Å². The number of rotatable bonds is 2. The van der Waals surface area contributed by atoms with E-state index in [-0.39, 0.29) is 0 Å². The minimum Gasteiger partial charge on any atom is -0.465 e. The van der Waals surface area contributed by atoms with Crippen molar-refractivity contribution >= 4 is 6.09 Å². The van der Waals surface area contributed by atoms with Gasteiger partial charge in [0.05, 0.1) is 0 Å². The van der Waals surface area contributed by atoms with Gasteiger partial charge in [-0.3, -0.25) is 0 Å². The summed E-state index contributed by atoms with van der Waals surface area (Å²) in [5.74, 6) is 0.575. The van der Waals surface area contributed by atoms with Crippen LogP contribution in [0.3, 0.4) is 0 Å². The van der Waals surface area contributed by atoms with Gasteiger partial charge in [0, 0.05) is 12.6 Å². The minimum absolute atomic E-state index is 0.315. The van der Waals surface area contributed by atoms with E-state index in [0.717, 1.165) is 6.54 Å². The summed E-state index contributed by atoms with van der Waals surface area (Å²) in [5.41, 5.74) is 0. The van der Waals surface area contributed by atoms with Crippen molar-refractivity contribution in [1.82, 2.24) is 10.6 Å². The smallest absolute Gasteiger partial charge is 0.404 e. The summed E-state index contributed by atoms with van der Waals surface area (Å²) in [6.45, 7) is 3.69. The van der Waals surface area contributed by atoms with Crippen LogP contribution in [0.2, 0.25) is 0 Å². The van der Waals surface area contributed by atoms with Gasteiger partial charge in [0.2, 0.25) is 0 Å². The predicted octanol–water partition coefficient (Wildman–Crippen LogP) is 0.642. The van der Waals surface area contributed by atoms with E-state index in [0.29, 0.717) is 18.5 Å². The highest BCUT2D eigenvalue weighted by Gasteiger charge is 2.20. The molecular formula is C8H16N2O2. The lowest BCUT2D eigenvalue weighted by molar-refractivity contribution is 0.189. The summed E-state index contributed by atoms with van der Waals surface area (Å²) in [5, 5.41) is 14.1. The van der Waals surface area contributed by atoms with Gasteiger partial charge in [-0.1, -0.05) is 6.92 Å². The van der Waals surface area contributed by atoms with Crippen molar-refractivity contribution in [3.05, 3.63) is 0 Å². The van der Waals surface area contributed by atoms with Gasteiger partial charge in [-0.2, -0.15) is 0 Å². The fourth-order valence-corrected chi connectivity index (χ4v) is 1.58. The summed E-state index contributed by atoms with van der Waals surface area (Å²) >= 11 is 0. The van der Waals surface area contributed by atoms with Gasteiger partial charge in [-0.25, -0.2) is 4.79 Å². The van der Waals surface area contributed by atoms with Crippen LogP contribution in [0.4, 0.5) is 4.79 Å². The third-order valence-corrected chi connectivity index (χ3v) is 2.40. The zero-order valence-corrected chi connectivity index (χ0v) is 7.34. The van der Waals surface area contributed by atoms with Gasteiger partial charge in [0.25, 0.3) is 0 Å². The van der Waals surface area contributed by atoms with Crippen molar-refractivity contribution in [1.29, 1.82) is 0 Å². The van der Waals surface area contributed by atoms with Crippen molar-refractivity contribution < 1.29 is 9.90 Å². The van der Waals surface area contributed by atoms with Crippen LogP contribution in [0, 0.1) is 5.92 Å². The normalized spacial score (nSPS) is 29.8. The van der Waals surface area contributed by atoms with E-state index in [1.54, 1.807) is 0 Å². The first-order valence-electron chi connectivity index (χ1n) is 4.40. The largest absolute Gasteiger partial charge is 0.465 e. The van der Waals surface area contributed by atoms with Crippen molar-refractivity contribution in [3.8, 4) is 0 Å². The first kappa shape index (κ1) is 9.32. The molecule has 12 heavy (non-hydrogen) atoms. The lowest BCUT2D eigenvalue weighted by Gasteiger charge is -2.29. The number of piperidine rings is 1. The molecule has 1 rings (SSSR count). The van der Waals surface area contributed by atoms with Crippen molar-refractivity contribution in [3.63, 3.8) is 0 Å². The van der Waals surface area contributed by atoms with Crippen LogP contribution in [-0.4, -0.2) is 30.3 Å². The van der Waals surface area contributed by atoms with E-state index in [1.165, 1.54) is 12.8 Å². The van der Waals surface area contributed by atoms with Gasteiger partial charge < -0.3 is 15.7 Å². The highest BCUT2D eigenvalue weighted by molar-refractivity contribution is 5.64. The molecule has 1 amide bonds. The highest BCUT2D eigenvalue weighted by Crippen LogP contribution is 2.14. The summed E-state index contributed by atoms with van der Waals surface area (Å²) < 4.78 is 0. The molecule has 0 bridgehead atoms. The van der Waals surface area contributed by atoms with Crippen LogP contribution in [0.1, 0.15) is 19.8 Å². The highest BCUT2D eigenvalue weighted by atomic mass is 16.4.